The Kier molecular flexibility index (Phi) is 7.62. The van der Waals surface area contributed by atoms with E-state index in [9.17, 15) is 14.7 Å². The number of hydrogen-bond donors (Lipinski definition) is 3. The standard InChI is InChI=1S/C19H26N2O5/c1-3-18(23)21-15-9-8-14(26-17(15)12-22)10-19(24)20-11-13-6-4-5-7-16(13)25-2/h4-9,14-15,17,22H,3,10-12H2,1-2H3,(H,20,24)(H,21,23)/t14-,15+,17-/m1/s1. The van der Waals surface area contributed by atoms with E-state index in [0.29, 0.717) is 13.0 Å². The van der Waals surface area contributed by atoms with Gasteiger partial charge in [-0.25, -0.2) is 0 Å². The van der Waals surface area contributed by atoms with E-state index in [-0.39, 0.29) is 30.9 Å². The summed E-state index contributed by atoms with van der Waals surface area (Å²) in [7, 11) is 1.59. The molecule has 0 spiro atoms. The average molecular weight is 362 g/mol. The maximum atomic E-state index is 12.2. The Hall–Kier alpha value is -2.38. The molecule has 0 aliphatic carbocycles. The topological polar surface area (TPSA) is 96.9 Å². The molecule has 3 N–H and O–H groups in total. The van der Waals surface area contributed by atoms with Gasteiger partial charge in [-0.3, -0.25) is 9.59 Å². The van der Waals surface area contributed by atoms with Gasteiger partial charge in [0.15, 0.2) is 0 Å². The number of aliphatic hydroxyl groups is 1. The molecule has 0 bridgehead atoms. The molecule has 1 aliphatic rings. The molecule has 1 aromatic carbocycles. The maximum absolute atomic E-state index is 12.2. The molecular formula is C19H26N2O5. The van der Waals surface area contributed by atoms with Crippen LogP contribution in [0, 0.1) is 0 Å². The van der Waals surface area contributed by atoms with Crippen LogP contribution in [0.15, 0.2) is 36.4 Å². The van der Waals surface area contributed by atoms with Gasteiger partial charge in [-0.15, -0.1) is 0 Å². The molecular weight excluding hydrogens is 336 g/mol. The molecule has 0 unspecified atom stereocenters. The van der Waals surface area contributed by atoms with Crippen LogP contribution in [-0.2, 0) is 20.9 Å². The molecule has 3 atom stereocenters. The van der Waals surface area contributed by atoms with Crippen molar-refractivity contribution in [2.45, 2.75) is 44.6 Å². The number of para-hydroxylation sites is 1. The fourth-order valence-corrected chi connectivity index (χ4v) is 2.72. The molecule has 1 aliphatic heterocycles. The van der Waals surface area contributed by atoms with Crippen molar-refractivity contribution in [1.82, 2.24) is 10.6 Å². The summed E-state index contributed by atoms with van der Waals surface area (Å²) < 4.78 is 11.0. The number of amides is 2. The van der Waals surface area contributed by atoms with Crippen LogP contribution in [0.2, 0.25) is 0 Å². The number of carbonyl (C=O) groups excluding carboxylic acids is 2. The Balaban J connectivity index is 1.87. The first-order chi connectivity index (χ1) is 12.6. The molecule has 1 aromatic rings. The summed E-state index contributed by atoms with van der Waals surface area (Å²) in [6, 6.07) is 7.09. The van der Waals surface area contributed by atoms with Gasteiger partial charge >= 0.3 is 0 Å². The molecule has 142 valence electrons. The minimum absolute atomic E-state index is 0.116. The van der Waals surface area contributed by atoms with Gasteiger partial charge in [-0.1, -0.05) is 37.3 Å². The van der Waals surface area contributed by atoms with Gasteiger partial charge in [-0.2, -0.15) is 0 Å². The summed E-state index contributed by atoms with van der Waals surface area (Å²) in [5.41, 5.74) is 0.888. The maximum Gasteiger partial charge on any atom is 0.223 e. The number of nitrogens with one attached hydrogen (secondary N) is 2. The lowest BCUT2D eigenvalue weighted by Crippen LogP contribution is -2.48. The van der Waals surface area contributed by atoms with Crippen molar-refractivity contribution in [2.75, 3.05) is 13.7 Å². The summed E-state index contributed by atoms with van der Waals surface area (Å²) >= 11 is 0. The van der Waals surface area contributed by atoms with Crippen molar-refractivity contribution >= 4 is 11.8 Å². The van der Waals surface area contributed by atoms with Crippen LogP contribution in [0.1, 0.15) is 25.3 Å². The summed E-state index contributed by atoms with van der Waals surface area (Å²) in [6.07, 6.45) is 3.00. The largest absolute Gasteiger partial charge is 0.496 e. The van der Waals surface area contributed by atoms with Crippen molar-refractivity contribution in [2.24, 2.45) is 0 Å². The van der Waals surface area contributed by atoms with Gasteiger partial charge in [0.25, 0.3) is 0 Å². The van der Waals surface area contributed by atoms with Crippen LogP contribution in [0.3, 0.4) is 0 Å². The summed E-state index contributed by atoms with van der Waals surface area (Å²) in [4.78, 5) is 23.7. The molecule has 7 nitrogen and oxygen atoms in total. The first-order valence-electron chi connectivity index (χ1n) is 8.70. The van der Waals surface area contributed by atoms with Crippen molar-refractivity contribution in [3.8, 4) is 5.75 Å². The van der Waals surface area contributed by atoms with Crippen molar-refractivity contribution < 1.29 is 24.2 Å². The third-order valence-electron chi connectivity index (χ3n) is 4.17. The van der Waals surface area contributed by atoms with E-state index in [1.165, 1.54) is 0 Å². The van der Waals surface area contributed by atoms with Crippen LogP contribution in [-0.4, -0.2) is 48.9 Å². The number of aliphatic hydroxyl groups excluding tert-OH is 1. The first kappa shape index (κ1) is 19.9. The second-order valence-electron chi connectivity index (χ2n) is 6.02. The fourth-order valence-electron chi connectivity index (χ4n) is 2.72. The predicted octanol–water partition coefficient (Wildman–Crippen LogP) is 0.912. The van der Waals surface area contributed by atoms with Crippen molar-refractivity contribution in [3.63, 3.8) is 0 Å². The Labute approximate surface area is 153 Å². The summed E-state index contributed by atoms with van der Waals surface area (Å²) in [5, 5.41) is 15.1. The van der Waals surface area contributed by atoms with Gasteiger partial charge in [0.2, 0.25) is 11.8 Å². The first-order valence-corrected chi connectivity index (χ1v) is 8.70. The van der Waals surface area contributed by atoms with Crippen LogP contribution < -0.4 is 15.4 Å². The second-order valence-corrected chi connectivity index (χ2v) is 6.02. The number of rotatable bonds is 8. The SMILES string of the molecule is CCC(=O)N[C@H]1C=C[C@H](CC(=O)NCc2ccccc2OC)O[C@@H]1CO. The zero-order valence-corrected chi connectivity index (χ0v) is 15.1. The van der Waals surface area contributed by atoms with Crippen LogP contribution >= 0.6 is 0 Å². The Morgan fingerprint density at radius 1 is 1.23 bits per heavy atom. The van der Waals surface area contributed by atoms with Crippen LogP contribution in [0.25, 0.3) is 0 Å². The normalized spacial score (nSPS) is 21.9. The fraction of sp³-hybridized carbons (Fsp3) is 0.474. The van der Waals surface area contributed by atoms with E-state index < -0.39 is 12.2 Å². The van der Waals surface area contributed by atoms with Gasteiger partial charge in [0.1, 0.15) is 11.9 Å². The zero-order chi connectivity index (χ0) is 18.9. The minimum atomic E-state index is -0.567. The molecule has 0 fully saturated rings. The van der Waals surface area contributed by atoms with Crippen LogP contribution in [0.5, 0.6) is 5.75 Å². The van der Waals surface area contributed by atoms with E-state index in [1.54, 1.807) is 26.2 Å². The smallest absolute Gasteiger partial charge is 0.223 e. The van der Waals surface area contributed by atoms with Gasteiger partial charge in [-0.05, 0) is 6.07 Å². The Bertz CT molecular complexity index is 647. The lowest BCUT2D eigenvalue weighted by atomic mass is 10.0. The second kappa shape index (κ2) is 9.94. The summed E-state index contributed by atoms with van der Waals surface area (Å²) in [5.74, 6) is 0.435. The van der Waals surface area contributed by atoms with Crippen molar-refractivity contribution in [1.29, 1.82) is 0 Å². The Morgan fingerprint density at radius 2 is 2.00 bits per heavy atom. The van der Waals surface area contributed by atoms with Gasteiger partial charge < -0.3 is 25.2 Å². The highest BCUT2D eigenvalue weighted by atomic mass is 16.5. The molecule has 1 heterocycles. The third kappa shape index (κ3) is 5.57. The molecule has 0 radical (unpaired) electrons. The highest BCUT2D eigenvalue weighted by Crippen LogP contribution is 2.18. The molecule has 0 aromatic heterocycles. The van der Waals surface area contributed by atoms with Crippen molar-refractivity contribution in [3.05, 3.63) is 42.0 Å². The number of methoxy groups -OCH3 is 1. The van der Waals surface area contributed by atoms with E-state index in [4.69, 9.17) is 9.47 Å². The van der Waals surface area contributed by atoms with E-state index in [2.05, 4.69) is 10.6 Å². The van der Waals surface area contributed by atoms with E-state index in [1.807, 2.05) is 24.3 Å². The van der Waals surface area contributed by atoms with E-state index in [0.717, 1.165) is 11.3 Å². The molecule has 2 rings (SSSR count). The quantitative estimate of drug-likeness (QED) is 0.598. The van der Waals surface area contributed by atoms with Gasteiger partial charge in [0.05, 0.1) is 32.3 Å². The third-order valence-corrected chi connectivity index (χ3v) is 4.17. The molecule has 0 saturated carbocycles. The molecule has 0 saturated heterocycles. The molecule has 26 heavy (non-hydrogen) atoms. The summed E-state index contributed by atoms with van der Waals surface area (Å²) in [6.45, 7) is 1.88. The number of ether oxygens (including phenoxy) is 2. The predicted molar refractivity (Wildman–Crippen MR) is 96.6 cm³/mol. The number of benzene rings is 1. The molecule has 2 amide bonds. The number of carbonyl (C=O) groups is 2. The Morgan fingerprint density at radius 3 is 2.69 bits per heavy atom. The highest BCUT2D eigenvalue weighted by Gasteiger charge is 2.28. The van der Waals surface area contributed by atoms with E-state index >= 15 is 0 Å². The van der Waals surface area contributed by atoms with Gasteiger partial charge in [0, 0.05) is 18.5 Å². The van der Waals surface area contributed by atoms with Crippen LogP contribution in [0.4, 0.5) is 0 Å². The zero-order valence-electron chi connectivity index (χ0n) is 15.1. The molecule has 7 heteroatoms. The number of hydrogen-bond acceptors (Lipinski definition) is 5. The monoisotopic (exact) mass is 362 g/mol. The lowest BCUT2D eigenvalue weighted by molar-refractivity contribution is -0.128. The highest BCUT2D eigenvalue weighted by molar-refractivity contribution is 5.77. The lowest BCUT2D eigenvalue weighted by Gasteiger charge is -2.31. The average Bonchev–Trinajstić information content (AvgIpc) is 2.67. The minimum Gasteiger partial charge on any atom is -0.496 e.